The van der Waals surface area contributed by atoms with E-state index < -0.39 is 0 Å². The van der Waals surface area contributed by atoms with Crippen LogP contribution in [0.1, 0.15) is 17.5 Å². The van der Waals surface area contributed by atoms with Crippen LogP contribution in [0.4, 0.5) is 0 Å². The molecule has 0 aliphatic rings. The lowest BCUT2D eigenvalue weighted by Gasteiger charge is -2.07. The SMILES string of the molecule is CC(N)Cc1ccc(OCc2sccc2Cl)cn1. The van der Waals surface area contributed by atoms with Gasteiger partial charge in [0.25, 0.3) is 0 Å². The third-order valence-corrected chi connectivity index (χ3v) is 3.75. The van der Waals surface area contributed by atoms with Crippen LogP contribution < -0.4 is 10.5 Å². The Kier molecular flexibility index (Phi) is 4.58. The fraction of sp³-hybridized carbons (Fsp3) is 0.308. The van der Waals surface area contributed by atoms with Crippen molar-refractivity contribution in [2.75, 3.05) is 0 Å². The summed E-state index contributed by atoms with van der Waals surface area (Å²) in [6.45, 7) is 2.44. The standard InChI is InChI=1S/C13H15ClN2OS/c1-9(15)6-10-2-3-11(7-16-10)17-8-13-12(14)4-5-18-13/h2-5,7,9H,6,8,15H2,1H3. The fourth-order valence-corrected chi connectivity index (χ4v) is 2.53. The van der Waals surface area contributed by atoms with Crippen molar-refractivity contribution in [1.29, 1.82) is 0 Å². The normalized spacial score (nSPS) is 12.4. The number of hydrogen-bond acceptors (Lipinski definition) is 4. The average Bonchev–Trinajstić information content (AvgIpc) is 2.73. The number of nitrogens with two attached hydrogens (primary N) is 1. The van der Waals surface area contributed by atoms with Crippen LogP contribution in [0.25, 0.3) is 0 Å². The van der Waals surface area contributed by atoms with Crippen molar-refractivity contribution in [3.05, 3.63) is 45.4 Å². The summed E-state index contributed by atoms with van der Waals surface area (Å²) < 4.78 is 5.62. The monoisotopic (exact) mass is 282 g/mol. The number of ether oxygens (including phenoxy) is 1. The lowest BCUT2D eigenvalue weighted by atomic mass is 10.2. The Hall–Kier alpha value is -1.10. The molecule has 18 heavy (non-hydrogen) atoms. The van der Waals surface area contributed by atoms with Gasteiger partial charge in [0.2, 0.25) is 0 Å². The Morgan fingerprint density at radius 2 is 2.28 bits per heavy atom. The Labute approximate surface area is 116 Å². The number of aromatic nitrogens is 1. The predicted octanol–water partition coefficient (Wildman–Crippen LogP) is 3.27. The summed E-state index contributed by atoms with van der Waals surface area (Å²) in [7, 11) is 0. The molecule has 0 aromatic carbocycles. The van der Waals surface area contributed by atoms with Crippen molar-refractivity contribution < 1.29 is 4.74 Å². The molecule has 0 saturated carbocycles. The molecule has 2 rings (SSSR count). The number of nitrogens with zero attached hydrogens (tertiary/aromatic N) is 1. The lowest BCUT2D eigenvalue weighted by Crippen LogP contribution is -2.18. The summed E-state index contributed by atoms with van der Waals surface area (Å²) in [5, 5.41) is 2.70. The van der Waals surface area contributed by atoms with Crippen LogP contribution in [0.3, 0.4) is 0 Å². The largest absolute Gasteiger partial charge is 0.486 e. The molecule has 0 fully saturated rings. The van der Waals surface area contributed by atoms with Gasteiger partial charge in [-0.2, -0.15) is 0 Å². The minimum atomic E-state index is 0.120. The van der Waals surface area contributed by atoms with E-state index in [1.165, 1.54) is 0 Å². The van der Waals surface area contributed by atoms with E-state index in [1.54, 1.807) is 17.5 Å². The molecule has 0 radical (unpaired) electrons. The fourth-order valence-electron chi connectivity index (χ4n) is 1.52. The van der Waals surface area contributed by atoms with Crippen LogP contribution in [-0.2, 0) is 13.0 Å². The second kappa shape index (κ2) is 6.18. The van der Waals surface area contributed by atoms with E-state index in [4.69, 9.17) is 22.1 Å². The molecule has 5 heteroatoms. The maximum Gasteiger partial charge on any atom is 0.138 e. The van der Waals surface area contributed by atoms with Gasteiger partial charge < -0.3 is 10.5 Å². The van der Waals surface area contributed by atoms with Crippen molar-refractivity contribution in [2.24, 2.45) is 5.73 Å². The third kappa shape index (κ3) is 3.70. The highest BCUT2D eigenvalue weighted by atomic mass is 35.5. The first-order valence-corrected chi connectivity index (χ1v) is 6.96. The van der Waals surface area contributed by atoms with Gasteiger partial charge in [-0.15, -0.1) is 11.3 Å². The zero-order valence-corrected chi connectivity index (χ0v) is 11.7. The second-order valence-corrected chi connectivity index (χ2v) is 5.55. The molecular weight excluding hydrogens is 268 g/mol. The first-order valence-electron chi connectivity index (χ1n) is 5.70. The number of hydrogen-bond donors (Lipinski definition) is 1. The smallest absolute Gasteiger partial charge is 0.138 e. The highest BCUT2D eigenvalue weighted by Gasteiger charge is 2.04. The molecule has 2 heterocycles. The highest BCUT2D eigenvalue weighted by molar-refractivity contribution is 7.10. The lowest BCUT2D eigenvalue weighted by molar-refractivity contribution is 0.308. The molecule has 0 amide bonds. The van der Waals surface area contributed by atoms with Crippen molar-refractivity contribution in [3.8, 4) is 5.75 Å². The number of halogens is 1. The predicted molar refractivity (Wildman–Crippen MR) is 75.3 cm³/mol. The van der Waals surface area contributed by atoms with Gasteiger partial charge >= 0.3 is 0 Å². The molecule has 96 valence electrons. The number of thiophene rings is 1. The third-order valence-electron chi connectivity index (χ3n) is 2.39. The minimum absolute atomic E-state index is 0.120. The topological polar surface area (TPSA) is 48.1 Å². The van der Waals surface area contributed by atoms with E-state index in [1.807, 2.05) is 30.5 Å². The zero-order chi connectivity index (χ0) is 13.0. The van der Waals surface area contributed by atoms with E-state index in [0.717, 1.165) is 27.8 Å². The molecule has 0 bridgehead atoms. The summed E-state index contributed by atoms with van der Waals surface area (Å²) >= 11 is 7.58. The van der Waals surface area contributed by atoms with Gasteiger partial charge in [-0.05, 0) is 30.5 Å². The van der Waals surface area contributed by atoms with Crippen molar-refractivity contribution in [1.82, 2.24) is 4.98 Å². The summed E-state index contributed by atoms with van der Waals surface area (Å²) in [5.74, 6) is 0.743. The van der Waals surface area contributed by atoms with Crippen LogP contribution >= 0.6 is 22.9 Å². The molecule has 2 aromatic heterocycles. The van der Waals surface area contributed by atoms with E-state index in [0.29, 0.717) is 6.61 Å². The quantitative estimate of drug-likeness (QED) is 0.916. The Morgan fingerprint density at radius 1 is 1.44 bits per heavy atom. The van der Waals surface area contributed by atoms with Crippen LogP contribution in [0.5, 0.6) is 5.75 Å². The molecule has 0 aliphatic heterocycles. The van der Waals surface area contributed by atoms with Crippen LogP contribution in [0.2, 0.25) is 5.02 Å². The first kappa shape index (κ1) is 13.3. The van der Waals surface area contributed by atoms with Crippen molar-refractivity contribution in [3.63, 3.8) is 0 Å². The Bertz CT molecular complexity index is 496. The maximum atomic E-state index is 5.99. The Balaban J connectivity index is 1.92. The van der Waals surface area contributed by atoms with Crippen LogP contribution in [0, 0.1) is 0 Å². The molecule has 2 aromatic rings. The molecule has 0 aliphatic carbocycles. The van der Waals surface area contributed by atoms with Gasteiger partial charge in [0.15, 0.2) is 0 Å². The highest BCUT2D eigenvalue weighted by Crippen LogP contribution is 2.23. The number of pyridine rings is 1. The molecule has 2 N–H and O–H groups in total. The number of rotatable bonds is 5. The zero-order valence-electron chi connectivity index (χ0n) is 10.1. The maximum absolute atomic E-state index is 5.99. The van der Waals surface area contributed by atoms with E-state index in [9.17, 15) is 0 Å². The van der Waals surface area contributed by atoms with Gasteiger partial charge in [0.1, 0.15) is 12.4 Å². The van der Waals surface area contributed by atoms with E-state index in [2.05, 4.69) is 4.98 Å². The van der Waals surface area contributed by atoms with Crippen LogP contribution in [-0.4, -0.2) is 11.0 Å². The molecular formula is C13H15ClN2OS. The molecule has 0 saturated heterocycles. The molecule has 3 nitrogen and oxygen atoms in total. The molecule has 0 spiro atoms. The van der Waals surface area contributed by atoms with E-state index in [-0.39, 0.29) is 6.04 Å². The minimum Gasteiger partial charge on any atom is -0.486 e. The van der Waals surface area contributed by atoms with Gasteiger partial charge in [-0.3, -0.25) is 4.98 Å². The summed E-state index contributed by atoms with van der Waals surface area (Å²) in [6, 6.07) is 5.84. The average molecular weight is 283 g/mol. The van der Waals surface area contributed by atoms with Gasteiger partial charge in [-0.25, -0.2) is 0 Å². The van der Waals surface area contributed by atoms with Gasteiger partial charge in [-0.1, -0.05) is 11.6 Å². The summed E-state index contributed by atoms with van der Waals surface area (Å²) in [6.07, 6.45) is 2.50. The van der Waals surface area contributed by atoms with Crippen LogP contribution in [0.15, 0.2) is 29.8 Å². The van der Waals surface area contributed by atoms with Gasteiger partial charge in [0, 0.05) is 18.2 Å². The van der Waals surface area contributed by atoms with Crippen molar-refractivity contribution in [2.45, 2.75) is 26.0 Å². The Morgan fingerprint density at radius 3 is 2.83 bits per heavy atom. The van der Waals surface area contributed by atoms with Gasteiger partial charge in [0.05, 0.1) is 16.1 Å². The second-order valence-electron chi connectivity index (χ2n) is 4.15. The van der Waals surface area contributed by atoms with Crippen molar-refractivity contribution >= 4 is 22.9 Å². The first-order chi connectivity index (χ1) is 8.65. The summed E-state index contributed by atoms with van der Waals surface area (Å²) in [4.78, 5) is 5.33. The van der Waals surface area contributed by atoms with E-state index >= 15 is 0 Å². The molecule has 1 unspecified atom stereocenters. The molecule has 1 atom stereocenters. The summed E-state index contributed by atoms with van der Waals surface area (Å²) in [5.41, 5.74) is 6.70.